The normalized spacial score (nSPS) is 20.1. The number of aliphatic hydroxyl groups excluding tert-OH is 1. The van der Waals surface area contributed by atoms with Crippen molar-refractivity contribution in [2.75, 3.05) is 33.4 Å². The van der Waals surface area contributed by atoms with Crippen LogP contribution >= 0.6 is 24.0 Å². The van der Waals surface area contributed by atoms with Crippen LogP contribution in [0.4, 0.5) is 0 Å². The molecule has 1 aliphatic rings. The number of hydrogen-bond donors (Lipinski definition) is 3. The summed E-state index contributed by atoms with van der Waals surface area (Å²) in [6.45, 7) is 7.41. The molecular weight excluding hydrogens is 445 g/mol. The molecule has 0 aromatic carbocycles. The summed E-state index contributed by atoms with van der Waals surface area (Å²) in [6, 6.07) is 0. The van der Waals surface area contributed by atoms with Crippen LogP contribution in [0.15, 0.2) is 4.99 Å². The lowest BCUT2D eigenvalue weighted by atomic mass is 9.84. The van der Waals surface area contributed by atoms with Crippen LogP contribution in [-0.2, 0) is 31.2 Å². The number of aryl methyl sites for hydroxylation is 2. The molecule has 2 heterocycles. The number of aromatic nitrogens is 2. The van der Waals surface area contributed by atoms with Crippen molar-refractivity contribution in [3.05, 3.63) is 17.0 Å². The molecule has 0 saturated carbocycles. The summed E-state index contributed by atoms with van der Waals surface area (Å²) in [7, 11) is 3.79. The van der Waals surface area contributed by atoms with Crippen LogP contribution in [0.2, 0.25) is 0 Å². The van der Waals surface area contributed by atoms with Crippen molar-refractivity contribution in [3.63, 3.8) is 0 Å². The van der Waals surface area contributed by atoms with Gasteiger partial charge in [-0.1, -0.05) is 13.8 Å². The molecule has 3 N–H and O–H groups in total. The van der Waals surface area contributed by atoms with Crippen LogP contribution in [0.5, 0.6) is 0 Å². The highest BCUT2D eigenvalue weighted by molar-refractivity contribution is 14.0. The van der Waals surface area contributed by atoms with Crippen molar-refractivity contribution in [1.82, 2.24) is 20.4 Å². The number of guanidine groups is 1. The lowest BCUT2D eigenvalue weighted by Crippen LogP contribution is -2.44. The Labute approximate surface area is 174 Å². The van der Waals surface area contributed by atoms with Crippen molar-refractivity contribution in [1.29, 1.82) is 0 Å². The van der Waals surface area contributed by atoms with Gasteiger partial charge in [-0.3, -0.25) is 9.67 Å². The van der Waals surface area contributed by atoms with Gasteiger partial charge in [0.25, 0.3) is 0 Å². The van der Waals surface area contributed by atoms with Gasteiger partial charge in [-0.05, 0) is 25.7 Å². The molecule has 0 aliphatic carbocycles. The number of hydrogen-bond acceptors (Lipinski definition) is 4. The molecule has 8 heteroatoms. The topological polar surface area (TPSA) is 83.7 Å². The third kappa shape index (κ3) is 5.56. The molecular formula is C18H34IN5O2. The molecule has 1 fully saturated rings. The molecule has 0 bridgehead atoms. The number of nitrogens with zero attached hydrogens (tertiary/aromatic N) is 3. The van der Waals surface area contributed by atoms with E-state index in [1.807, 2.05) is 11.7 Å². The molecule has 7 nitrogen and oxygen atoms in total. The zero-order valence-corrected chi connectivity index (χ0v) is 18.8. The van der Waals surface area contributed by atoms with E-state index < -0.39 is 0 Å². The van der Waals surface area contributed by atoms with Crippen molar-refractivity contribution < 1.29 is 9.84 Å². The van der Waals surface area contributed by atoms with Crippen LogP contribution < -0.4 is 10.6 Å². The van der Waals surface area contributed by atoms with E-state index >= 15 is 0 Å². The Morgan fingerprint density at radius 2 is 2.12 bits per heavy atom. The highest BCUT2D eigenvalue weighted by Gasteiger charge is 2.34. The minimum atomic E-state index is 0. The second kappa shape index (κ2) is 11.1. The van der Waals surface area contributed by atoms with E-state index in [2.05, 4.69) is 34.6 Å². The molecule has 1 aromatic rings. The average molecular weight is 479 g/mol. The zero-order valence-electron chi connectivity index (χ0n) is 16.5. The molecule has 0 amide bonds. The Morgan fingerprint density at radius 3 is 2.65 bits per heavy atom. The number of halogens is 1. The summed E-state index contributed by atoms with van der Waals surface area (Å²) in [6.07, 6.45) is 3.61. The van der Waals surface area contributed by atoms with Gasteiger partial charge in [0, 0.05) is 57.1 Å². The molecule has 1 atom stereocenters. The van der Waals surface area contributed by atoms with Gasteiger partial charge in [0.15, 0.2) is 5.96 Å². The lowest BCUT2D eigenvalue weighted by molar-refractivity contribution is 0.127. The molecule has 1 aliphatic heterocycles. The zero-order chi connectivity index (χ0) is 18.3. The highest BCUT2D eigenvalue weighted by atomic mass is 127. The first-order chi connectivity index (χ1) is 12.1. The highest BCUT2D eigenvalue weighted by Crippen LogP contribution is 2.31. The summed E-state index contributed by atoms with van der Waals surface area (Å²) in [5.41, 5.74) is 3.68. The molecule has 1 saturated heterocycles. The summed E-state index contributed by atoms with van der Waals surface area (Å²) in [5, 5.41) is 20.8. The Bertz CT molecular complexity index is 582. The summed E-state index contributed by atoms with van der Waals surface area (Å²) in [4.78, 5) is 4.34. The maximum atomic E-state index is 9.35. The van der Waals surface area contributed by atoms with Crippen molar-refractivity contribution in [2.24, 2.45) is 17.5 Å². The Balaban J connectivity index is 0.00000338. The fourth-order valence-corrected chi connectivity index (χ4v) is 3.57. The summed E-state index contributed by atoms with van der Waals surface area (Å²) < 4.78 is 7.53. The number of aliphatic imine (C=N–C) groups is 1. The Morgan fingerprint density at radius 1 is 1.35 bits per heavy atom. The quantitative estimate of drug-likeness (QED) is 0.300. The first kappa shape index (κ1) is 23.2. The monoisotopic (exact) mass is 479 g/mol. The van der Waals surface area contributed by atoms with Gasteiger partial charge in [0.1, 0.15) is 0 Å². The second-order valence-electron chi connectivity index (χ2n) is 6.76. The van der Waals surface area contributed by atoms with Crippen LogP contribution in [-0.4, -0.2) is 54.3 Å². The molecule has 26 heavy (non-hydrogen) atoms. The van der Waals surface area contributed by atoms with Gasteiger partial charge in [-0.25, -0.2) is 0 Å². The molecule has 0 spiro atoms. The van der Waals surface area contributed by atoms with Crippen LogP contribution in [0.1, 0.15) is 43.6 Å². The predicted octanol–water partition coefficient (Wildman–Crippen LogP) is 1.62. The largest absolute Gasteiger partial charge is 0.396 e. The van der Waals surface area contributed by atoms with Crippen LogP contribution in [0.3, 0.4) is 0 Å². The average Bonchev–Trinajstić information content (AvgIpc) is 3.19. The van der Waals surface area contributed by atoms with Crippen molar-refractivity contribution >= 4 is 29.9 Å². The van der Waals surface area contributed by atoms with E-state index in [1.54, 1.807) is 7.05 Å². The van der Waals surface area contributed by atoms with Gasteiger partial charge in [-0.2, -0.15) is 5.10 Å². The number of ether oxygens (including phenoxy) is 1. The van der Waals surface area contributed by atoms with E-state index in [1.165, 1.54) is 11.3 Å². The lowest BCUT2D eigenvalue weighted by Gasteiger charge is -2.27. The molecule has 150 valence electrons. The fourth-order valence-electron chi connectivity index (χ4n) is 3.57. The Kier molecular flexibility index (Phi) is 9.88. The predicted molar refractivity (Wildman–Crippen MR) is 115 cm³/mol. The number of rotatable bonds is 8. The van der Waals surface area contributed by atoms with Crippen LogP contribution in [0.25, 0.3) is 0 Å². The van der Waals surface area contributed by atoms with Crippen molar-refractivity contribution in [3.8, 4) is 0 Å². The third-order valence-electron chi connectivity index (χ3n) is 5.14. The smallest absolute Gasteiger partial charge is 0.191 e. The number of nitrogens with one attached hydrogen (secondary N) is 2. The van der Waals surface area contributed by atoms with Gasteiger partial charge in [0.05, 0.1) is 12.3 Å². The maximum absolute atomic E-state index is 9.35. The first-order valence-corrected chi connectivity index (χ1v) is 9.26. The van der Waals surface area contributed by atoms with E-state index in [9.17, 15) is 5.11 Å². The van der Waals surface area contributed by atoms with E-state index in [4.69, 9.17) is 4.74 Å². The second-order valence-corrected chi connectivity index (χ2v) is 6.76. The molecule has 2 rings (SSSR count). The maximum Gasteiger partial charge on any atom is 0.191 e. The molecule has 0 radical (unpaired) electrons. The van der Waals surface area contributed by atoms with Crippen LogP contribution in [0, 0.1) is 5.41 Å². The summed E-state index contributed by atoms with van der Waals surface area (Å²) in [5.74, 6) is 0.775. The van der Waals surface area contributed by atoms with Crippen molar-refractivity contribution in [2.45, 2.75) is 46.1 Å². The van der Waals surface area contributed by atoms with Gasteiger partial charge < -0.3 is 20.5 Å². The van der Waals surface area contributed by atoms with Gasteiger partial charge in [-0.15, -0.1) is 24.0 Å². The molecule has 1 aromatic heterocycles. The van der Waals surface area contributed by atoms with E-state index in [-0.39, 0.29) is 36.0 Å². The minimum absolute atomic E-state index is 0. The SMILES string of the molecule is CCc1nn(C)c(CC)c1CNC(=NC)NCC1(CCO)CCOC1.I. The van der Waals surface area contributed by atoms with Gasteiger partial charge in [0.2, 0.25) is 0 Å². The number of aliphatic hydroxyl groups is 1. The minimum Gasteiger partial charge on any atom is -0.396 e. The Hall–Kier alpha value is -0.870. The fraction of sp³-hybridized carbons (Fsp3) is 0.778. The van der Waals surface area contributed by atoms with E-state index in [0.717, 1.165) is 50.5 Å². The third-order valence-corrected chi connectivity index (χ3v) is 5.14. The standard InChI is InChI=1S/C18H33N5O2.HI/c1-5-15-14(16(6-2)23(4)22-15)11-20-17(19-3)21-12-18(7-9-24)8-10-25-13-18;/h24H,5-13H2,1-4H3,(H2,19,20,21);1H. The first-order valence-electron chi connectivity index (χ1n) is 9.26. The summed E-state index contributed by atoms with van der Waals surface area (Å²) >= 11 is 0. The molecule has 1 unspecified atom stereocenters. The van der Waals surface area contributed by atoms with Gasteiger partial charge >= 0.3 is 0 Å². The van der Waals surface area contributed by atoms with E-state index in [0.29, 0.717) is 13.2 Å².